The van der Waals surface area contributed by atoms with E-state index in [-0.39, 0.29) is 0 Å². The molecule has 1 fully saturated rings. The van der Waals surface area contributed by atoms with E-state index in [1.165, 1.54) is 25.8 Å². The van der Waals surface area contributed by atoms with Gasteiger partial charge in [-0.05, 0) is 19.4 Å². The van der Waals surface area contributed by atoms with Gasteiger partial charge >= 0.3 is 0 Å². The summed E-state index contributed by atoms with van der Waals surface area (Å²) >= 11 is 0. The van der Waals surface area contributed by atoms with Gasteiger partial charge in [-0.25, -0.2) is 0 Å². The third-order valence-electron chi connectivity index (χ3n) is 2.98. The van der Waals surface area contributed by atoms with Gasteiger partial charge in [-0.3, -0.25) is 10.3 Å². The first kappa shape index (κ1) is 13.5. The molecule has 16 heavy (non-hydrogen) atoms. The van der Waals surface area contributed by atoms with Gasteiger partial charge in [-0.15, -0.1) is 0 Å². The molecule has 0 saturated carbocycles. The fraction of sp³-hybridized carbons (Fsp3) is 0.917. The first-order valence-corrected chi connectivity index (χ1v) is 6.24. The molecule has 0 aromatic rings. The number of hydrogen-bond donors (Lipinski definition) is 1. The van der Waals surface area contributed by atoms with Crippen LogP contribution >= 0.6 is 0 Å². The smallest absolute Gasteiger partial charge is 0.180 e. The van der Waals surface area contributed by atoms with Crippen LogP contribution < -0.4 is 0 Å². The van der Waals surface area contributed by atoms with Crippen LogP contribution in [-0.4, -0.2) is 50.8 Å². The maximum Gasteiger partial charge on any atom is 0.180 e. The molecule has 0 aromatic carbocycles. The second-order valence-corrected chi connectivity index (χ2v) is 4.25. The van der Waals surface area contributed by atoms with Gasteiger partial charge in [0.1, 0.15) is 0 Å². The molecule has 0 radical (unpaired) electrons. The molecule has 1 aliphatic heterocycles. The van der Waals surface area contributed by atoms with Gasteiger partial charge < -0.3 is 9.47 Å². The second-order valence-electron chi connectivity index (χ2n) is 4.25. The van der Waals surface area contributed by atoms with Crippen molar-refractivity contribution in [2.24, 2.45) is 0 Å². The van der Waals surface area contributed by atoms with Crippen molar-refractivity contribution in [3.05, 3.63) is 0 Å². The van der Waals surface area contributed by atoms with Crippen LogP contribution in [0.1, 0.15) is 32.1 Å². The minimum atomic E-state index is 0.410. The maximum absolute atomic E-state index is 7.33. The predicted molar refractivity (Wildman–Crippen MR) is 65.1 cm³/mol. The summed E-state index contributed by atoms with van der Waals surface area (Å²) in [6.45, 7) is 5.17. The quantitative estimate of drug-likeness (QED) is 0.411. The highest BCUT2D eigenvalue weighted by molar-refractivity contribution is 5.72. The summed E-state index contributed by atoms with van der Waals surface area (Å²) in [6, 6.07) is 0. The third-order valence-corrected chi connectivity index (χ3v) is 2.98. The van der Waals surface area contributed by atoms with Crippen LogP contribution in [0.15, 0.2) is 0 Å². The average Bonchev–Trinajstić information content (AvgIpc) is 2.34. The summed E-state index contributed by atoms with van der Waals surface area (Å²) in [5, 5.41) is 7.33. The molecule has 0 aromatic heterocycles. The molecule has 0 aliphatic carbocycles. The molecule has 1 saturated heterocycles. The van der Waals surface area contributed by atoms with E-state index < -0.39 is 0 Å². The lowest BCUT2D eigenvalue weighted by Crippen LogP contribution is -2.36. The van der Waals surface area contributed by atoms with Gasteiger partial charge in [-0.1, -0.05) is 12.8 Å². The molecule has 0 atom stereocenters. The highest BCUT2D eigenvalue weighted by Gasteiger charge is 2.08. The maximum atomic E-state index is 7.33. The Kier molecular flexibility index (Phi) is 7.17. The highest BCUT2D eigenvalue weighted by Crippen LogP contribution is 2.06. The van der Waals surface area contributed by atoms with Crippen molar-refractivity contribution in [2.75, 3.05) is 40.0 Å². The number of nitrogens with one attached hydrogen (secondary N) is 1. The first-order valence-electron chi connectivity index (χ1n) is 6.24. The number of hydrogen-bond acceptors (Lipinski definition) is 4. The van der Waals surface area contributed by atoms with Crippen LogP contribution in [0.4, 0.5) is 0 Å². The Labute approximate surface area is 98.4 Å². The fourth-order valence-corrected chi connectivity index (χ4v) is 1.90. The monoisotopic (exact) mass is 228 g/mol. The number of unbranched alkanes of at least 4 members (excludes halogenated alkanes) is 3. The normalized spacial score (nSPS) is 17.3. The van der Waals surface area contributed by atoms with Gasteiger partial charge in [-0.2, -0.15) is 0 Å². The topological polar surface area (TPSA) is 45.5 Å². The molecule has 1 rings (SSSR count). The Morgan fingerprint density at radius 2 is 1.88 bits per heavy atom. The van der Waals surface area contributed by atoms with Crippen LogP contribution in [0.3, 0.4) is 0 Å². The molecule has 1 heterocycles. The zero-order chi connectivity index (χ0) is 11.6. The summed E-state index contributed by atoms with van der Waals surface area (Å²) in [5.74, 6) is 0.410. The SMILES string of the molecule is COC(=N)CCCCCCN1CCOCC1. The molecule has 0 amide bonds. The fourth-order valence-electron chi connectivity index (χ4n) is 1.90. The summed E-state index contributed by atoms with van der Waals surface area (Å²) in [5.41, 5.74) is 0. The van der Waals surface area contributed by atoms with Crippen molar-refractivity contribution in [1.29, 1.82) is 5.41 Å². The third kappa shape index (κ3) is 6.08. The molecular formula is C12H24N2O2. The van der Waals surface area contributed by atoms with E-state index in [1.807, 2.05) is 0 Å². The zero-order valence-electron chi connectivity index (χ0n) is 10.3. The van der Waals surface area contributed by atoms with Crippen molar-refractivity contribution >= 4 is 5.90 Å². The first-order chi connectivity index (χ1) is 7.83. The highest BCUT2D eigenvalue weighted by atomic mass is 16.5. The van der Waals surface area contributed by atoms with Crippen LogP contribution in [0, 0.1) is 5.41 Å². The molecular weight excluding hydrogens is 204 g/mol. The van der Waals surface area contributed by atoms with Gasteiger partial charge in [0, 0.05) is 19.5 Å². The van der Waals surface area contributed by atoms with E-state index in [0.717, 1.165) is 39.1 Å². The number of methoxy groups -OCH3 is 1. The molecule has 4 heteroatoms. The van der Waals surface area contributed by atoms with Crippen LogP contribution in [0.5, 0.6) is 0 Å². The molecule has 94 valence electrons. The Bertz CT molecular complexity index is 191. The lowest BCUT2D eigenvalue weighted by Gasteiger charge is -2.26. The van der Waals surface area contributed by atoms with E-state index in [0.29, 0.717) is 5.90 Å². The molecule has 4 nitrogen and oxygen atoms in total. The van der Waals surface area contributed by atoms with Crippen molar-refractivity contribution in [3.8, 4) is 0 Å². The lowest BCUT2D eigenvalue weighted by molar-refractivity contribution is 0.0371. The van der Waals surface area contributed by atoms with Crippen LogP contribution in [-0.2, 0) is 9.47 Å². The summed E-state index contributed by atoms with van der Waals surface area (Å²) in [7, 11) is 1.57. The molecule has 0 bridgehead atoms. The van der Waals surface area contributed by atoms with Crippen molar-refractivity contribution < 1.29 is 9.47 Å². The van der Waals surface area contributed by atoms with Crippen LogP contribution in [0.25, 0.3) is 0 Å². The number of nitrogens with zero attached hydrogens (tertiary/aromatic N) is 1. The standard InChI is InChI=1S/C12H24N2O2/c1-15-12(13)6-4-2-3-5-7-14-8-10-16-11-9-14/h13H,2-11H2,1H3. The van der Waals surface area contributed by atoms with Crippen molar-refractivity contribution in [1.82, 2.24) is 4.90 Å². The van der Waals surface area contributed by atoms with Crippen molar-refractivity contribution in [2.45, 2.75) is 32.1 Å². The molecule has 0 unspecified atom stereocenters. The van der Waals surface area contributed by atoms with Crippen molar-refractivity contribution in [3.63, 3.8) is 0 Å². The Morgan fingerprint density at radius 1 is 1.19 bits per heavy atom. The van der Waals surface area contributed by atoms with E-state index in [4.69, 9.17) is 14.9 Å². The zero-order valence-corrected chi connectivity index (χ0v) is 10.3. The number of morpholine rings is 1. The van der Waals surface area contributed by atoms with E-state index in [9.17, 15) is 0 Å². The van der Waals surface area contributed by atoms with E-state index >= 15 is 0 Å². The Balaban J connectivity index is 1.85. The molecule has 1 N–H and O–H groups in total. The lowest BCUT2D eigenvalue weighted by atomic mass is 10.1. The second kappa shape index (κ2) is 8.53. The van der Waals surface area contributed by atoms with E-state index in [1.54, 1.807) is 7.11 Å². The predicted octanol–water partition coefficient (Wildman–Crippen LogP) is 1.89. The Hall–Kier alpha value is -0.610. The average molecular weight is 228 g/mol. The van der Waals surface area contributed by atoms with Gasteiger partial charge in [0.25, 0.3) is 0 Å². The number of rotatable bonds is 7. The molecule has 1 aliphatic rings. The van der Waals surface area contributed by atoms with Gasteiger partial charge in [0.15, 0.2) is 5.90 Å². The van der Waals surface area contributed by atoms with Crippen LogP contribution in [0.2, 0.25) is 0 Å². The van der Waals surface area contributed by atoms with E-state index in [2.05, 4.69) is 4.90 Å². The van der Waals surface area contributed by atoms with Gasteiger partial charge in [0.2, 0.25) is 0 Å². The minimum Gasteiger partial charge on any atom is -0.484 e. The summed E-state index contributed by atoms with van der Waals surface area (Å²) in [4.78, 5) is 2.47. The minimum absolute atomic E-state index is 0.410. The summed E-state index contributed by atoms with van der Waals surface area (Å²) < 4.78 is 10.1. The summed E-state index contributed by atoms with van der Waals surface area (Å²) in [6.07, 6.45) is 5.59. The van der Waals surface area contributed by atoms with Gasteiger partial charge in [0.05, 0.1) is 20.3 Å². The number of ether oxygens (including phenoxy) is 2. The largest absolute Gasteiger partial charge is 0.484 e. The Morgan fingerprint density at radius 3 is 2.56 bits per heavy atom. The molecule has 0 spiro atoms.